The second-order valence-corrected chi connectivity index (χ2v) is 9.22. The van der Waals surface area contributed by atoms with Gasteiger partial charge < -0.3 is 19.9 Å². The van der Waals surface area contributed by atoms with E-state index in [0.717, 1.165) is 34.9 Å². The molecule has 0 aliphatic rings. The Morgan fingerprint density at radius 1 is 0.864 bits per heavy atom. The maximum absolute atomic E-state index is 13.7. The third-order valence-corrected chi connectivity index (χ3v) is 5.60. The fourth-order valence-corrected chi connectivity index (χ4v) is 3.49. The first-order chi connectivity index (χ1) is 20.6. The molecule has 1 amide bonds. The molecule has 0 fully saturated rings. The van der Waals surface area contributed by atoms with Gasteiger partial charge in [0.25, 0.3) is 0 Å². The van der Waals surface area contributed by atoms with E-state index in [1.165, 1.54) is 30.3 Å². The fourth-order valence-electron chi connectivity index (χ4n) is 3.49. The summed E-state index contributed by atoms with van der Waals surface area (Å²) in [6.45, 7) is 3.92. The molecule has 3 rings (SSSR count). The standard InChI is InChI=1S/C20H20F2O4.C11H8F3NO3/c1-14-11-12-15(2)16(13-14)7-6-10-18(23)25-19(24)20(21,22)26-17-8-4-3-5-9-17;12-11(13,14)7-2-1-3-8(6-7)15-9(16)4-5-10(17)18/h3-5,8-9,11-13H,6-7,10H2,1-2H3;1-6H,(H,15,16)(H,17,18)/b;5-4-. The topological polar surface area (TPSA) is 119 Å². The minimum absolute atomic E-state index is 0.0649. The molecule has 2 N–H and O–H groups in total. The molecule has 3 aromatic carbocycles. The lowest BCUT2D eigenvalue weighted by molar-refractivity contribution is -0.217. The van der Waals surface area contributed by atoms with Gasteiger partial charge in [0.05, 0.1) is 5.56 Å². The van der Waals surface area contributed by atoms with Gasteiger partial charge in [-0.05, 0) is 68.1 Å². The van der Waals surface area contributed by atoms with Crippen LogP contribution in [0, 0.1) is 13.8 Å². The molecule has 0 aromatic heterocycles. The maximum atomic E-state index is 13.7. The van der Waals surface area contributed by atoms with E-state index in [-0.39, 0.29) is 17.9 Å². The van der Waals surface area contributed by atoms with Gasteiger partial charge in [-0.2, -0.15) is 22.0 Å². The Morgan fingerprint density at radius 2 is 1.55 bits per heavy atom. The van der Waals surface area contributed by atoms with Crippen LogP contribution in [0.15, 0.2) is 84.9 Å². The van der Waals surface area contributed by atoms with Crippen LogP contribution in [0.4, 0.5) is 27.6 Å². The summed E-state index contributed by atoms with van der Waals surface area (Å²) in [5, 5.41) is 10.4. The first-order valence-electron chi connectivity index (χ1n) is 12.9. The number of benzene rings is 3. The van der Waals surface area contributed by atoms with E-state index in [2.05, 4.69) is 14.8 Å². The number of esters is 2. The van der Waals surface area contributed by atoms with Crippen LogP contribution >= 0.6 is 0 Å². The lowest BCUT2D eigenvalue weighted by Gasteiger charge is -2.15. The smallest absolute Gasteiger partial charge is 0.478 e. The molecule has 0 heterocycles. The zero-order chi connectivity index (χ0) is 32.9. The van der Waals surface area contributed by atoms with Crippen molar-refractivity contribution in [3.05, 3.63) is 107 Å². The number of aliphatic carboxylic acids is 1. The number of carboxylic acids is 1. The highest BCUT2D eigenvalue weighted by atomic mass is 19.4. The van der Waals surface area contributed by atoms with Crippen LogP contribution in [0.5, 0.6) is 5.75 Å². The quantitative estimate of drug-likeness (QED) is 0.113. The number of carboxylic acid groups (broad SMARTS) is 1. The Balaban J connectivity index is 0.000000329. The molecule has 0 saturated carbocycles. The first kappa shape index (κ1) is 35.1. The predicted molar refractivity (Wildman–Crippen MR) is 149 cm³/mol. The summed E-state index contributed by atoms with van der Waals surface area (Å²) in [4.78, 5) is 44.4. The Morgan fingerprint density at radius 3 is 2.18 bits per heavy atom. The number of aryl methyl sites for hydroxylation is 3. The minimum atomic E-state index is -4.50. The van der Waals surface area contributed by atoms with E-state index < -0.39 is 41.7 Å². The maximum Gasteiger partial charge on any atom is 0.502 e. The summed E-state index contributed by atoms with van der Waals surface area (Å²) in [6.07, 6.45) is -6.59. The molecule has 0 unspecified atom stereocenters. The van der Waals surface area contributed by atoms with Crippen molar-refractivity contribution >= 4 is 29.5 Å². The molecular formula is C31H28F5NO7. The zero-order valence-electron chi connectivity index (χ0n) is 23.5. The first-order valence-corrected chi connectivity index (χ1v) is 12.9. The third kappa shape index (κ3) is 12.4. The number of hydrogen-bond donors (Lipinski definition) is 2. The van der Waals surface area contributed by atoms with E-state index >= 15 is 0 Å². The molecule has 0 aliphatic carbocycles. The summed E-state index contributed by atoms with van der Waals surface area (Å²) < 4.78 is 73.0. The predicted octanol–water partition coefficient (Wildman–Crippen LogP) is 6.65. The van der Waals surface area contributed by atoms with Gasteiger partial charge in [0.15, 0.2) is 0 Å². The van der Waals surface area contributed by atoms with Crippen molar-refractivity contribution in [1.29, 1.82) is 0 Å². The number of ether oxygens (including phenoxy) is 2. The van der Waals surface area contributed by atoms with Crippen LogP contribution in [0.25, 0.3) is 0 Å². The van der Waals surface area contributed by atoms with Crippen LogP contribution in [-0.2, 0) is 36.5 Å². The molecule has 3 aromatic rings. The lowest BCUT2D eigenvalue weighted by atomic mass is 10.0. The monoisotopic (exact) mass is 621 g/mol. The number of nitrogens with one attached hydrogen (secondary N) is 1. The van der Waals surface area contributed by atoms with Crippen molar-refractivity contribution in [1.82, 2.24) is 0 Å². The molecule has 13 heteroatoms. The van der Waals surface area contributed by atoms with Crippen molar-refractivity contribution in [2.45, 2.75) is 45.4 Å². The van der Waals surface area contributed by atoms with Crippen molar-refractivity contribution < 1.29 is 55.7 Å². The Bertz CT molecular complexity index is 1490. The molecule has 0 aliphatic heterocycles. The van der Waals surface area contributed by atoms with Gasteiger partial charge in [-0.3, -0.25) is 9.59 Å². The zero-order valence-corrected chi connectivity index (χ0v) is 23.5. The summed E-state index contributed by atoms with van der Waals surface area (Å²) >= 11 is 0. The average Bonchev–Trinajstić information content (AvgIpc) is 2.94. The van der Waals surface area contributed by atoms with Crippen molar-refractivity contribution in [2.24, 2.45) is 0 Å². The average molecular weight is 622 g/mol. The number of rotatable bonds is 10. The number of hydrogen-bond acceptors (Lipinski definition) is 6. The number of halogens is 5. The molecule has 0 atom stereocenters. The minimum Gasteiger partial charge on any atom is -0.478 e. The van der Waals surface area contributed by atoms with Crippen LogP contribution in [0.3, 0.4) is 0 Å². The molecule has 44 heavy (non-hydrogen) atoms. The fraction of sp³-hybridized carbons (Fsp3) is 0.226. The Kier molecular flexibility index (Phi) is 12.7. The van der Waals surface area contributed by atoms with Crippen LogP contribution in [0.2, 0.25) is 0 Å². The largest absolute Gasteiger partial charge is 0.502 e. The highest BCUT2D eigenvalue weighted by Crippen LogP contribution is 2.30. The third-order valence-electron chi connectivity index (χ3n) is 5.60. The highest BCUT2D eigenvalue weighted by Gasteiger charge is 2.45. The molecule has 0 spiro atoms. The van der Waals surface area contributed by atoms with E-state index in [0.29, 0.717) is 25.0 Å². The van der Waals surface area contributed by atoms with Gasteiger partial charge in [0.2, 0.25) is 5.91 Å². The van der Waals surface area contributed by atoms with E-state index in [9.17, 15) is 41.1 Å². The summed E-state index contributed by atoms with van der Waals surface area (Å²) in [6, 6.07) is 17.1. The van der Waals surface area contributed by atoms with Gasteiger partial charge in [0, 0.05) is 24.3 Å². The number of amides is 1. The molecular weight excluding hydrogens is 593 g/mol. The molecule has 0 saturated heterocycles. The Hall–Kier alpha value is -5.07. The van der Waals surface area contributed by atoms with Gasteiger partial charge in [-0.25, -0.2) is 9.59 Å². The van der Waals surface area contributed by atoms with Gasteiger partial charge >= 0.3 is 30.2 Å². The number of alkyl halides is 5. The number of carbonyl (C=O) groups is 4. The second kappa shape index (κ2) is 16.0. The Labute approximate surface area is 249 Å². The lowest BCUT2D eigenvalue weighted by Crippen LogP contribution is -2.38. The van der Waals surface area contributed by atoms with Crippen LogP contribution in [-0.4, -0.2) is 35.0 Å². The molecule has 234 valence electrons. The SMILES string of the molecule is Cc1ccc(C)c(CCCC(=O)OC(=O)C(F)(F)Oc2ccccc2)c1.O=C(O)/C=C\C(=O)Nc1cccc(C(F)(F)F)c1. The van der Waals surface area contributed by atoms with Gasteiger partial charge in [0.1, 0.15) is 5.75 Å². The number of anilines is 1. The van der Waals surface area contributed by atoms with Gasteiger partial charge in [-0.1, -0.05) is 48.0 Å². The highest BCUT2D eigenvalue weighted by molar-refractivity contribution is 6.02. The number of carbonyl (C=O) groups excluding carboxylic acids is 3. The van der Waals surface area contributed by atoms with Crippen molar-refractivity contribution in [2.75, 3.05) is 5.32 Å². The second-order valence-electron chi connectivity index (χ2n) is 9.22. The van der Waals surface area contributed by atoms with E-state index in [4.69, 9.17) is 5.11 Å². The summed E-state index contributed by atoms with van der Waals surface area (Å²) in [5.74, 6) is -5.36. The van der Waals surface area contributed by atoms with Crippen LogP contribution < -0.4 is 10.1 Å². The van der Waals surface area contributed by atoms with Crippen molar-refractivity contribution in [3.8, 4) is 5.75 Å². The normalized spacial score (nSPS) is 11.2. The molecule has 0 bridgehead atoms. The van der Waals surface area contributed by atoms with E-state index in [1.54, 1.807) is 6.07 Å². The summed E-state index contributed by atoms with van der Waals surface area (Å²) in [5.41, 5.74) is 2.29. The molecule has 0 radical (unpaired) electrons. The van der Waals surface area contributed by atoms with Crippen LogP contribution in [0.1, 0.15) is 35.1 Å². The van der Waals surface area contributed by atoms with Gasteiger partial charge in [-0.15, -0.1) is 0 Å². The molecule has 8 nitrogen and oxygen atoms in total. The van der Waals surface area contributed by atoms with Crippen molar-refractivity contribution in [3.63, 3.8) is 0 Å². The number of para-hydroxylation sites is 1. The van der Waals surface area contributed by atoms with E-state index in [1.807, 2.05) is 32.0 Å². The summed E-state index contributed by atoms with van der Waals surface area (Å²) in [7, 11) is 0.